The molecule has 0 fully saturated rings. The van der Waals surface area contributed by atoms with Crippen molar-refractivity contribution in [3.8, 4) is 5.75 Å². The third-order valence-electron chi connectivity index (χ3n) is 2.49. The fraction of sp³-hybridized carbons (Fsp3) is 0.417. The molecule has 5 nitrogen and oxygen atoms in total. The summed E-state index contributed by atoms with van der Waals surface area (Å²) >= 11 is 5.46. The molecule has 0 spiro atoms. The van der Waals surface area contributed by atoms with Crippen LogP contribution in [0.3, 0.4) is 0 Å². The van der Waals surface area contributed by atoms with E-state index in [4.69, 9.17) is 25.8 Å². The van der Waals surface area contributed by atoms with Gasteiger partial charge in [0, 0.05) is 23.9 Å². The second-order valence-corrected chi connectivity index (χ2v) is 4.12. The molecule has 6 heteroatoms. The van der Waals surface area contributed by atoms with Crippen molar-refractivity contribution in [1.29, 1.82) is 0 Å². The molecule has 0 unspecified atom stereocenters. The lowest BCUT2D eigenvalue weighted by atomic mass is 10.1. The predicted octanol–water partition coefficient (Wildman–Crippen LogP) is 1.88. The molecule has 2 rings (SSSR count). The zero-order valence-corrected chi connectivity index (χ0v) is 10.8. The van der Waals surface area contributed by atoms with E-state index >= 15 is 0 Å². The van der Waals surface area contributed by atoms with Gasteiger partial charge in [0.2, 0.25) is 5.91 Å². The van der Waals surface area contributed by atoms with Gasteiger partial charge in [-0.25, -0.2) is 0 Å². The minimum atomic E-state index is -0.252. The van der Waals surface area contributed by atoms with Crippen LogP contribution in [-0.2, 0) is 27.5 Å². The first-order valence-corrected chi connectivity index (χ1v) is 5.99. The Hall–Kier alpha value is -1.30. The first-order valence-electron chi connectivity index (χ1n) is 5.45. The summed E-state index contributed by atoms with van der Waals surface area (Å²) in [5, 5.41) is 2.70. The van der Waals surface area contributed by atoms with Crippen molar-refractivity contribution >= 4 is 23.2 Å². The van der Waals surface area contributed by atoms with E-state index in [1.54, 1.807) is 7.11 Å². The van der Waals surface area contributed by atoms with Crippen LogP contribution in [0.15, 0.2) is 12.1 Å². The van der Waals surface area contributed by atoms with Gasteiger partial charge in [-0.3, -0.25) is 4.79 Å². The number of hydrogen-bond acceptors (Lipinski definition) is 4. The van der Waals surface area contributed by atoms with Crippen LogP contribution < -0.4 is 10.1 Å². The van der Waals surface area contributed by atoms with Crippen molar-refractivity contribution < 1.29 is 19.0 Å². The number of benzene rings is 1. The maximum atomic E-state index is 11.3. The molecular weight excluding hydrogens is 258 g/mol. The molecule has 1 N–H and O–H groups in total. The Bertz CT molecular complexity index is 450. The van der Waals surface area contributed by atoms with Crippen LogP contribution in [0.1, 0.15) is 11.1 Å². The number of fused-ring (bicyclic) bond motifs is 1. The molecule has 0 radical (unpaired) electrons. The van der Waals surface area contributed by atoms with E-state index < -0.39 is 0 Å². The van der Waals surface area contributed by atoms with Gasteiger partial charge in [0.15, 0.2) is 6.79 Å². The van der Waals surface area contributed by atoms with Gasteiger partial charge in [0.25, 0.3) is 0 Å². The molecule has 1 aromatic carbocycles. The molecule has 18 heavy (non-hydrogen) atoms. The van der Waals surface area contributed by atoms with Gasteiger partial charge in [0.1, 0.15) is 11.6 Å². The summed E-state index contributed by atoms with van der Waals surface area (Å²) in [7, 11) is 1.61. The van der Waals surface area contributed by atoms with Gasteiger partial charge in [-0.2, -0.15) is 0 Å². The Morgan fingerprint density at radius 3 is 3.11 bits per heavy atom. The van der Waals surface area contributed by atoms with E-state index in [1.165, 1.54) is 0 Å². The first kappa shape index (κ1) is 13.1. The number of alkyl halides is 1. The highest BCUT2D eigenvalue weighted by atomic mass is 35.5. The number of methoxy groups -OCH3 is 1. The molecule has 1 amide bonds. The van der Waals surface area contributed by atoms with Gasteiger partial charge in [-0.1, -0.05) is 0 Å². The number of nitrogens with one attached hydrogen (secondary N) is 1. The van der Waals surface area contributed by atoms with Crippen molar-refractivity contribution in [2.24, 2.45) is 0 Å². The number of carbonyl (C=O) groups is 1. The molecule has 0 saturated carbocycles. The van der Waals surface area contributed by atoms with E-state index in [9.17, 15) is 4.79 Å². The Kier molecular flexibility index (Phi) is 4.41. The lowest BCUT2D eigenvalue weighted by Crippen LogP contribution is -2.16. The molecule has 98 valence electrons. The molecule has 0 saturated heterocycles. The maximum absolute atomic E-state index is 11.3. The van der Waals surface area contributed by atoms with Gasteiger partial charge in [-0.05, 0) is 12.1 Å². The van der Waals surface area contributed by atoms with Crippen LogP contribution in [0.2, 0.25) is 0 Å². The van der Waals surface area contributed by atoms with Crippen LogP contribution >= 0.6 is 11.6 Å². The maximum Gasteiger partial charge on any atom is 0.239 e. The summed E-state index contributed by atoms with van der Waals surface area (Å²) in [5.74, 6) is 0.438. The number of anilines is 1. The molecule has 0 aliphatic carbocycles. The van der Waals surface area contributed by atoms with Gasteiger partial charge >= 0.3 is 0 Å². The number of ether oxygens (including phenoxy) is 3. The van der Waals surface area contributed by atoms with E-state index in [2.05, 4.69) is 5.32 Å². The average molecular weight is 272 g/mol. The molecular formula is C12H14ClNO4. The lowest BCUT2D eigenvalue weighted by molar-refractivity contribution is -0.113. The van der Waals surface area contributed by atoms with Crippen LogP contribution in [0.4, 0.5) is 5.69 Å². The van der Waals surface area contributed by atoms with Gasteiger partial charge in [-0.15, -0.1) is 11.6 Å². The Morgan fingerprint density at radius 1 is 1.56 bits per heavy atom. The van der Waals surface area contributed by atoms with Crippen LogP contribution in [0.25, 0.3) is 0 Å². The molecule has 1 aliphatic heterocycles. The van der Waals surface area contributed by atoms with E-state index in [0.717, 1.165) is 16.9 Å². The smallest absolute Gasteiger partial charge is 0.239 e. The third kappa shape index (κ3) is 2.93. The fourth-order valence-electron chi connectivity index (χ4n) is 1.83. The summed E-state index contributed by atoms with van der Waals surface area (Å²) in [5.41, 5.74) is 2.43. The topological polar surface area (TPSA) is 56.8 Å². The summed E-state index contributed by atoms with van der Waals surface area (Å²) in [6.45, 7) is 1.10. The Labute approximate surface area is 110 Å². The van der Waals surface area contributed by atoms with Crippen LogP contribution in [0.5, 0.6) is 5.75 Å². The molecule has 1 aliphatic rings. The highest BCUT2D eigenvalue weighted by molar-refractivity contribution is 6.29. The van der Waals surface area contributed by atoms with E-state index in [-0.39, 0.29) is 18.6 Å². The van der Waals surface area contributed by atoms with Crippen molar-refractivity contribution in [3.63, 3.8) is 0 Å². The second-order valence-electron chi connectivity index (χ2n) is 3.85. The SMILES string of the molecule is COCc1cc(NC(=O)CCl)cc2c1OCOC2. The van der Waals surface area contributed by atoms with Crippen molar-refractivity contribution in [2.75, 3.05) is 25.1 Å². The van der Waals surface area contributed by atoms with E-state index in [1.807, 2.05) is 12.1 Å². The number of amides is 1. The summed E-state index contributed by atoms with van der Waals surface area (Å²) < 4.78 is 15.8. The number of hydrogen-bond donors (Lipinski definition) is 1. The highest BCUT2D eigenvalue weighted by Gasteiger charge is 2.17. The number of halogens is 1. The van der Waals surface area contributed by atoms with Crippen molar-refractivity contribution in [3.05, 3.63) is 23.3 Å². The largest absolute Gasteiger partial charge is 0.467 e. The number of carbonyl (C=O) groups excluding carboxylic acids is 1. The quantitative estimate of drug-likeness (QED) is 0.850. The van der Waals surface area contributed by atoms with Crippen LogP contribution in [0, 0.1) is 0 Å². The highest BCUT2D eigenvalue weighted by Crippen LogP contribution is 2.32. The van der Waals surface area contributed by atoms with Crippen molar-refractivity contribution in [2.45, 2.75) is 13.2 Å². The summed E-state index contributed by atoms with van der Waals surface area (Å²) in [6.07, 6.45) is 0. The zero-order chi connectivity index (χ0) is 13.0. The monoisotopic (exact) mass is 271 g/mol. The third-order valence-corrected chi connectivity index (χ3v) is 2.73. The Morgan fingerprint density at radius 2 is 2.39 bits per heavy atom. The first-order chi connectivity index (χ1) is 8.74. The van der Waals surface area contributed by atoms with Gasteiger partial charge < -0.3 is 19.5 Å². The fourth-order valence-corrected chi connectivity index (χ4v) is 1.90. The number of rotatable bonds is 4. The molecule has 1 aromatic rings. The minimum absolute atomic E-state index is 0.0797. The predicted molar refractivity (Wildman–Crippen MR) is 66.8 cm³/mol. The molecule has 1 heterocycles. The molecule has 0 aromatic heterocycles. The Balaban J connectivity index is 2.31. The van der Waals surface area contributed by atoms with Gasteiger partial charge in [0.05, 0.1) is 13.2 Å². The summed E-state index contributed by atoms with van der Waals surface area (Å²) in [6, 6.07) is 3.64. The van der Waals surface area contributed by atoms with Crippen LogP contribution in [-0.4, -0.2) is 25.7 Å². The minimum Gasteiger partial charge on any atom is -0.467 e. The molecule has 0 atom stereocenters. The average Bonchev–Trinajstić information content (AvgIpc) is 2.39. The van der Waals surface area contributed by atoms with Crippen molar-refractivity contribution in [1.82, 2.24) is 0 Å². The summed E-state index contributed by atoms with van der Waals surface area (Å²) in [4.78, 5) is 11.3. The second kappa shape index (κ2) is 6.04. The standard InChI is InChI=1S/C12H14ClNO4/c1-16-5-8-2-10(14-11(15)4-13)3-9-6-17-7-18-12(8)9/h2-3H,4-7H2,1H3,(H,14,15). The zero-order valence-electron chi connectivity index (χ0n) is 9.99. The lowest BCUT2D eigenvalue weighted by Gasteiger charge is -2.21. The normalized spacial score (nSPS) is 13.7. The molecule has 0 bridgehead atoms. The van der Waals surface area contributed by atoms with E-state index in [0.29, 0.717) is 18.9 Å².